The summed E-state index contributed by atoms with van der Waals surface area (Å²) in [5, 5.41) is 2.78. The summed E-state index contributed by atoms with van der Waals surface area (Å²) in [7, 11) is 1.72. The Kier molecular flexibility index (Phi) is 4.21. The average molecular weight is 290 g/mol. The van der Waals surface area contributed by atoms with Crippen LogP contribution in [0.3, 0.4) is 0 Å². The Balaban J connectivity index is 1.99. The Morgan fingerprint density at radius 1 is 1.33 bits per heavy atom. The predicted molar refractivity (Wildman–Crippen MR) is 81.3 cm³/mol. The van der Waals surface area contributed by atoms with E-state index in [4.69, 9.17) is 4.74 Å². The van der Waals surface area contributed by atoms with Gasteiger partial charge in [-0.2, -0.15) is 0 Å². The van der Waals surface area contributed by atoms with Crippen LogP contribution in [0.2, 0.25) is 0 Å². The van der Waals surface area contributed by atoms with E-state index in [9.17, 15) is 9.59 Å². The Labute approximate surface area is 125 Å². The number of amides is 2. The summed E-state index contributed by atoms with van der Waals surface area (Å²) in [5.74, 6) is 0.444. The number of likely N-dealkylation sites (N-methyl/N-ethyl adjacent to an activating group) is 1. The van der Waals surface area contributed by atoms with Gasteiger partial charge in [0, 0.05) is 13.5 Å². The Morgan fingerprint density at radius 3 is 2.67 bits per heavy atom. The van der Waals surface area contributed by atoms with Crippen LogP contribution in [0.1, 0.15) is 27.2 Å². The molecule has 1 atom stereocenters. The van der Waals surface area contributed by atoms with Gasteiger partial charge in [0.25, 0.3) is 5.91 Å². The largest absolute Gasteiger partial charge is 0.477 e. The van der Waals surface area contributed by atoms with Gasteiger partial charge in [0.05, 0.1) is 12.2 Å². The predicted octanol–water partition coefficient (Wildman–Crippen LogP) is 1.96. The summed E-state index contributed by atoms with van der Waals surface area (Å²) < 4.78 is 5.69. The molecule has 0 spiro atoms. The molecule has 1 aliphatic rings. The first-order valence-electron chi connectivity index (χ1n) is 7.08. The molecule has 1 unspecified atom stereocenters. The van der Waals surface area contributed by atoms with E-state index in [0.29, 0.717) is 12.2 Å². The molecule has 0 bridgehead atoms. The Hall–Kier alpha value is -2.04. The number of carbonyl (C=O) groups excluding carboxylic acids is 2. The van der Waals surface area contributed by atoms with Gasteiger partial charge in [-0.1, -0.05) is 32.9 Å². The lowest BCUT2D eigenvalue weighted by molar-refractivity contribution is -0.127. The highest BCUT2D eigenvalue weighted by molar-refractivity contribution is 5.99. The molecule has 0 fully saturated rings. The number of carbonyl (C=O) groups is 2. The van der Waals surface area contributed by atoms with Crippen molar-refractivity contribution in [1.29, 1.82) is 0 Å². The number of ether oxygens (including phenoxy) is 1. The molecular weight excluding hydrogens is 268 g/mol. The Bertz CT molecular complexity index is 549. The van der Waals surface area contributed by atoms with Crippen molar-refractivity contribution in [3.05, 3.63) is 24.3 Å². The molecule has 0 aliphatic carbocycles. The van der Waals surface area contributed by atoms with Crippen molar-refractivity contribution >= 4 is 17.5 Å². The van der Waals surface area contributed by atoms with Gasteiger partial charge in [-0.15, -0.1) is 0 Å². The molecule has 114 valence electrons. The van der Waals surface area contributed by atoms with E-state index >= 15 is 0 Å². The molecule has 0 saturated carbocycles. The highest BCUT2D eigenvalue weighted by atomic mass is 16.5. The molecule has 5 nitrogen and oxygen atoms in total. The third-order valence-corrected chi connectivity index (χ3v) is 3.28. The second-order valence-electron chi connectivity index (χ2n) is 6.51. The van der Waals surface area contributed by atoms with Gasteiger partial charge in [0.15, 0.2) is 6.10 Å². The quantitative estimate of drug-likeness (QED) is 0.926. The number of anilines is 1. The third-order valence-electron chi connectivity index (χ3n) is 3.28. The van der Waals surface area contributed by atoms with Crippen molar-refractivity contribution in [1.82, 2.24) is 5.32 Å². The topological polar surface area (TPSA) is 58.6 Å². The molecule has 21 heavy (non-hydrogen) atoms. The van der Waals surface area contributed by atoms with Crippen LogP contribution in [-0.4, -0.2) is 31.5 Å². The van der Waals surface area contributed by atoms with Crippen molar-refractivity contribution in [2.24, 2.45) is 5.41 Å². The number of fused-ring (bicyclic) bond motifs is 1. The minimum absolute atomic E-state index is 0.0691. The van der Waals surface area contributed by atoms with Crippen LogP contribution in [0.15, 0.2) is 24.3 Å². The van der Waals surface area contributed by atoms with Gasteiger partial charge in [-0.3, -0.25) is 9.59 Å². The van der Waals surface area contributed by atoms with Crippen molar-refractivity contribution < 1.29 is 14.3 Å². The fourth-order valence-electron chi connectivity index (χ4n) is 2.25. The van der Waals surface area contributed by atoms with Gasteiger partial charge in [0.1, 0.15) is 5.75 Å². The van der Waals surface area contributed by atoms with E-state index in [1.165, 1.54) is 0 Å². The molecule has 0 saturated heterocycles. The lowest BCUT2D eigenvalue weighted by Crippen LogP contribution is -2.49. The SMILES string of the molecule is CN1C(=O)C(CNC(=O)CC(C)(C)C)Oc2ccccc21. The summed E-state index contributed by atoms with van der Waals surface area (Å²) >= 11 is 0. The number of hydrogen-bond donors (Lipinski definition) is 1. The zero-order valence-corrected chi connectivity index (χ0v) is 13.0. The van der Waals surface area contributed by atoms with Crippen molar-refractivity contribution in [2.45, 2.75) is 33.3 Å². The molecule has 1 heterocycles. The zero-order valence-electron chi connectivity index (χ0n) is 13.0. The average Bonchev–Trinajstić information content (AvgIpc) is 2.39. The van der Waals surface area contributed by atoms with Crippen molar-refractivity contribution in [2.75, 3.05) is 18.5 Å². The van der Waals surface area contributed by atoms with Crippen LogP contribution in [-0.2, 0) is 9.59 Å². The molecule has 2 amide bonds. The van der Waals surface area contributed by atoms with E-state index in [2.05, 4.69) is 5.32 Å². The molecular formula is C16H22N2O3. The summed E-state index contributed by atoms with van der Waals surface area (Å²) in [6, 6.07) is 7.37. The first kappa shape index (κ1) is 15.4. The van der Waals surface area contributed by atoms with Gasteiger partial charge < -0.3 is 15.0 Å². The maximum absolute atomic E-state index is 12.2. The van der Waals surface area contributed by atoms with Crippen LogP contribution < -0.4 is 15.0 Å². The molecule has 0 radical (unpaired) electrons. The molecule has 1 aromatic rings. The van der Waals surface area contributed by atoms with Crippen LogP contribution in [0.4, 0.5) is 5.69 Å². The van der Waals surface area contributed by atoms with Gasteiger partial charge in [-0.25, -0.2) is 0 Å². The standard InChI is InChI=1S/C16H22N2O3/c1-16(2,3)9-14(19)17-10-13-15(20)18(4)11-7-5-6-8-12(11)21-13/h5-8,13H,9-10H2,1-4H3,(H,17,19). The summed E-state index contributed by atoms with van der Waals surface area (Å²) in [4.78, 5) is 25.6. The number of benzene rings is 1. The van der Waals surface area contributed by atoms with E-state index < -0.39 is 6.10 Å². The molecule has 5 heteroatoms. The summed E-state index contributed by atoms with van der Waals surface area (Å²) in [6.45, 7) is 6.18. The fraction of sp³-hybridized carbons (Fsp3) is 0.500. The highest BCUT2D eigenvalue weighted by Gasteiger charge is 2.32. The second kappa shape index (κ2) is 5.76. The maximum atomic E-state index is 12.2. The second-order valence-corrected chi connectivity index (χ2v) is 6.51. The smallest absolute Gasteiger partial charge is 0.269 e. The Morgan fingerprint density at radius 2 is 2.00 bits per heavy atom. The van der Waals surface area contributed by atoms with E-state index in [-0.39, 0.29) is 23.8 Å². The lowest BCUT2D eigenvalue weighted by atomic mass is 9.92. The van der Waals surface area contributed by atoms with Crippen LogP contribution in [0, 0.1) is 5.41 Å². The van der Waals surface area contributed by atoms with Gasteiger partial charge >= 0.3 is 0 Å². The number of nitrogens with zero attached hydrogens (tertiary/aromatic N) is 1. The first-order chi connectivity index (χ1) is 9.78. The first-order valence-corrected chi connectivity index (χ1v) is 7.08. The lowest BCUT2D eigenvalue weighted by Gasteiger charge is -2.32. The van der Waals surface area contributed by atoms with Crippen LogP contribution in [0.25, 0.3) is 0 Å². The molecule has 2 rings (SSSR count). The minimum atomic E-state index is -0.672. The minimum Gasteiger partial charge on any atom is -0.477 e. The van der Waals surface area contributed by atoms with Crippen molar-refractivity contribution in [3.63, 3.8) is 0 Å². The highest BCUT2D eigenvalue weighted by Crippen LogP contribution is 2.32. The number of hydrogen-bond acceptors (Lipinski definition) is 3. The third kappa shape index (κ3) is 3.74. The van der Waals surface area contributed by atoms with E-state index in [1.807, 2.05) is 45.0 Å². The number of rotatable bonds is 3. The monoisotopic (exact) mass is 290 g/mol. The number of para-hydroxylation sites is 2. The van der Waals surface area contributed by atoms with Gasteiger partial charge in [-0.05, 0) is 17.5 Å². The maximum Gasteiger partial charge on any atom is 0.269 e. The normalized spacial score (nSPS) is 18.0. The molecule has 1 N–H and O–H groups in total. The molecule has 1 aromatic carbocycles. The molecule has 0 aromatic heterocycles. The van der Waals surface area contributed by atoms with Crippen molar-refractivity contribution in [3.8, 4) is 5.75 Å². The zero-order chi connectivity index (χ0) is 15.6. The fourth-order valence-corrected chi connectivity index (χ4v) is 2.25. The van der Waals surface area contributed by atoms with Gasteiger partial charge in [0.2, 0.25) is 5.91 Å². The summed E-state index contributed by atoms with van der Waals surface area (Å²) in [6.07, 6.45) is -0.255. The number of nitrogens with one attached hydrogen (secondary N) is 1. The summed E-state index contributed by atoms with van der Waals surface area (Å²) in [5.41, 5.74) is 0.671. The van der Waals surface area contributed by atoms with Crippen LogP contribution in [0.5, 0.6) is 5.75 Å². The van der Waals surface area contributed by atoms with Crippen LogP contribution >= 0.6 is 0 Å². The van der Waals surface area contributed by atoms with E-state index in [0.717, 1.165) is 5.69 Å². The van der Waals surface area contributed by atoms with E-state index in [1.54, 1.807) is 11.9 Å². The molecule has 1 aliphatic heterocycles.